The standard InChI is InChI=1S/C14H14N2O/c1-2-12-8-6-7-11-14(12)16(17)15-13-9-4-3-5-10-13/h3-11H,2H2,1H3. The number of hydrogen-bond donors (Lipinski definition) is 0. The van der Waals surface area contributed by atoms with Gasteiger partial charge in [0.2, 0.25) is 5.69 Å². The van der Waals surface area contributed by atoms with Crippen molar-refractivity contribution in [1.82, 2.24) is 0 Å². The van der Waals surface area contributed by atoms with Gasteiger partial charge in [-0.15, -0.1) is 0 Å². The lowest BCUT2D eigenvalue weighted by Crippen LogP contribution is -1.95. The van der Waals surface area contributed by atoms with Crippen molar-refractivity contribution in [2.24, 2.45) is 5.11 Å². The fourth-order valence-electron chi connectivity index (χ4n) is 1.65. The van der Waals surface area contributed by atoms with Crippen molar-refractivity contribution in [2.75, 3.05) is 0 Å². The van der Waals surface area contributed by atoms with E-state index in [1.165, 1.54) is 0 Å². The second kappa shape index (κ2) is 5.25. The van der Waals surface area contributed by atoms with E-state index < -0.39 is 0 Å². The highest BCUT2D eigenvalue weighted by Crippen LogP contribution is 2.21. The Morgan fingerprint density at radius 2 is 1.65 bits per heavy atom. The quantitative estimate of drug-likeness (QED) is 0.439. The first-order valence-electron chi connectivity index (χ1n) is 5.63. The van der Waals surface area contributed by atoms with Gasteiger partial charge in [0.15, 0.2) is 0 Å². The number of benzene rings is 2. The normalized spacial score (nSPS) is 11.5. The molecule has 0 spiro atoms. The molecular formula is C14H14N2O. The number of rotatable bonds is 3. The molecular weight excluding hydrogens is 212 g/mol. The molecule has 0 aliphatic rings. The first-order chi connectivity index (χ1) is 8.31. The van der Waals surface area contributed by atoms with Gasteiger partial charge in [0.1, 0.15) is 5.69 Å². The molecule has 3 heteroatoms. The van der Waals surface area contributed by atoms with E-state index in [4.69, 9.17) is 0 Å². The second-order valence-corrected chi connectivity index (χ2v) is 3.69. The van der Waals surface area contributed by atoms with E-state index in [2.05, 4.69) is 5.11 Å². The Kier molecular flexibility index (Phi) is 3.50. The van der Waals surface area contributed by atoms with Crippen LogP contribution in [0.5, 0.6) is 0 Å². The minimum Gasteiger partial charge on any atom is -0.594 e. The van der Waals surface area contributed by atoms with Crippen molar-refractivity contribution in [1.29, 1.82) is 0 Å². The zero-order valence-electron chi connectivity index (χ0n) is 9.71. The van der Waals surface area contributed by atoms with Crippen LogP contribution in [0.3, 0.4) is 0 Å². The van der Waals surface area contributed by atoms with Gasteiger partial charge >= 0.3 is 0 Å². The van der Waals surface area contributed by atoms with Crippen LogP contribution < -0.4 is 0 Å². The summed E-state index contributed by atoms with van der Waals surface area (Å²) >= 11 is 0. The van der Waals surface area contributed by atoms with Crippen molar-refractivity contribution >= 4 is 11.4 Å². The smallest absolute Gasteiger partial charge is 0.248 e. The average Bonchev–Trinajstić information content (AvgIpc) is 2.40. The molecule has 0 saturated heterocycles. The van der Waals surface area contributed by atoms with E-state index in [-0.39, 0.29) is 0 Å². The molecule has 0 unspecified atom stereocenters. The third-order valence-electron chi connectivity index (χ3n) is 2.54. The van der Waals surface area contributed by atoms with Gasteiger partial charge in [-0.3, -0.25) is 0 Å². The van der Waals surface area contributed by atoms with E-state index in [9.17, 15) is 5.21 Å². The van der Waals surface area contributed by atoms with Crippen LogP contribution in [0.2, 0.25) is 0 Å². The van der Waals surface area contributed by atoms with Gasteiger partial charge in [0, 0.05) is 16.7 Å². The molecule has 2 rings (SSSR count). The summed E-state index contributed by atoms with van der Waals surface area (Å²) in [7, 11) is 0. The lowest BCUT2D eigenvalue weighted by Gasteiger charge is -2.04. The van der Waals surface area contributed by atoms with Gasteiger partial charge in [-0.1, -0.05) is 43.3 Å². The molecule has 2 aromatic carbocycles. The third kappa shape index (κ3) is 2.69. The van der Waals surface area contributed by atoms with Gasteiger partial charge in [0.25, 0.3) is 0 Å². The molecule has 0 N–H and O–H groups in total. The van der Waals surface area contributed by atoms with E-state index in [1.54, 1.807) is 18.2 Å². The largest absolute Gasteiger partial charge is 0.594 e. The van der Waals surface area contributed by atoms with Crippen molar-refractivity contribution < 1.29 is 4.86 Å². The molecule has 0 aromatic heterocycles. The summed E-state index contributed by atoms with van der Waals surface area (Å²) in [5.74, 6) is 0. The Hall–Kier alpha value is -2.16. The number of azo groups is 1. The minimum absolute atomic E-state index is 0.610. The Labute approximate surface area is 101 Å². The Morgan fingerprint density at radius 1 is 1.00 bits per heavy atom. The highest BCUT2D eigenvalue weighted by atomic mass is 16.5. The third-order valence-corrected chi connectivity index (χ3v) is 2.54. The highest BCUT2D eigenvalue weighted by Gasteiger charge is 2.08. The maximum atomic E-state index is 11.9. The molecule has 2 aromatic rings. The van der Waals surface area contributed by atoms with Crippen LogP contribution in [0.25, 0.3) is 0 Å². The predicted octanol–water partition coefficient (Wildman–Crippen LogP) is 4.17. The molecule has 0 atom stereocenters. The molecule has 0 fully saturated rings. The van der Waals surface area contributed by atoms with Gasteiger partial charge in [0.05, 0.1) is 0 Å². The molecule has 17 heavy (non-hydrogen) atoms. The number of aryl methyl sites for hydroxylation is 1. The van der Waals surface area contributed by atoms with Crippen LogP contribution in [-0.2, 0) is 6.42 Å². The van der Waals surface area contributed by atoms with E-state index in [1.807, 2.05) is 43.3 Å². The monoisotopic (exact) mass is 226 g/mol. The molecule has 86 valence electrons. The summed E-state index contributed by atoms with van der Waals surface area (Å²) < 4.78 is 0. The number of hydrogen-bond acceptors (Lipinski definition) is 2. The predicted molar refractivity (Wildman–Crippen MR) is 67.6 cm³/mol. The topological polar surface area (TPSA) is 38.4 Å². The molecule has 0 saturated carbocycles. The molecule has 0 bridgehead atoms. The van der Waals surface area contributed by atoms with Crippen molar-refractivity contribution in [3.8, 4) is 0 Å². The lowest BCUT2D eigenvalue weighted by atomic mass is 10.1. The summed E-state index contributed by atoms with van der Waals surface area (Å²) in [6.07, 6.45) is 0.819. The fraction of sp³-hybridized carbons (Fsp3) is 0.143. The molecule has 3 nitrogen and oxygen atoms in total. The Balaban J connectivity index is 2.37. The Morgan fingerprint density at radius 3 is 2.35 bits per heavy atom. The van der Waals surface area contributed by atoms with Crippen LogP contribution in [0.4, 0.5) is 11.4 Å². The highest BCUT2D eigenvalue weighted by molar-refractivity contribution is 5.40. The maximum absolute atomic E-state index is 11.9. The zero-order valence-corrected chi connectivity index (χ0v) is 9.71. The van der Waals surface area contributed by atoms with Crippen molar-refractivity contribution in [2.45, 2.75) is 13.3 Å². The molecule has 0 aliphatic carbocycles. The SMILES string of the molecule is CCc1ccccc1[N+]([O-])=Nc1ccccc1. The van der Waals surface area contributed by atoms with E-state index >= 15 is 0 Å². The van der Waals surface area contributed by atoms with E-state index in [0.717, 1.165) is 12.0 Å². The summed E-state index contributed by atoms with van der Waals surface area (Å²) in [5.41, 5.74) is 2.27. The zero-order chi connectivity index (χ0) is 12.1. The summed E-state index contributed by atoms with van der Waals surface area (Å²) in [6.45, 7) is 2.02. The summed E-state index contributed by atoms with van der Waals surface area (Å²) in [5, 5.41) is 16.0. The van der Waals surface area contributed by atoms with Crippen molar-refractivity contribution in [3.05, 3.63) is 65.4 Å². The second-order valence-electron chi connectivity index (χ2n) is 3.69. The van der Waals surface area contributed by atoms with Crippen LogP contribution in [0.1, 0.15) is 12.5 Å². The minimum atomic E-state index is 0.610. The van der Waals surface area contributed by atoms with Gasteiger partial charge < -0.3 is 5.21 Å². The van der Waals surface area contributed by atoms with Gasteiger partial charge in [-0.05, 0) is 23.4 Å². The van der Waals surface area contributed by atoms with Gasteiger partial charge in [-0.2, -0.15) is 0 Å². The average molecular weight is 226 g/mol. The van der Waals surface area contributed by atoms with Crippen LogP contribution in [0, 0.1) is 5.21 Å². The van der Waals surface area contributed by atoms with Crippen LogP contribution in [-0.4, -0.2) is 4.86 Å². The molecule has 0 radical (unpaired) electrons. The van der Waals surface area contributed by atoms with Gasteiger partial charge in [-0.25, -0.2) is 0 Å². The fourth-order valence-corrected chi connectivity index (χ4v) is 1.65. The first-order valence-corrected chi connectivity index (χ1v) is 5.63. The first kappa shape index (κ1) is 11.3. The van der Waals surface area contributed by atoms with Crippen LogP contribution >= 0.6 is 0 Å². The number of para-hydroxylation sites is 1. The van der Waals surface area contributed by atoms with Crippen LogP contribution in [0.15, 0.2) is 59.7 Å². The molecule has 0 heterocycles. The van der Waals surface area contributed by atoms with Crippen molar-refractivity contribution in [3.63, 3.8) is 0 Å². The lowest BCUT2D eigenvalue weighted by molar-refractivity contribution is -0.436. The summed E-state index contributed by atoms with van der Waals surface area (Å²) in [4.78, 5) is 0.689. The molecule has 0 aliphatic heterocycles. The van der Waals surface area contributed by atoms with E-state index in [0.29, 0.717) is 16.2 Å². The Bertz CT molecular complexity index is 521. The molecule has 0 amide bonds. The number of nitrogens with zero attached hydrogens (tertiary/aromatic N) is 2. The summed E-state index contributed by atoms with van der Waals surface area (Å²) in [6, 6.07) is 16.7. The maximum Gasteiger partial charge on any atom is 0.248 e.